The van der Waals surface area contributed by atoms with E-state index < -0.39 is 0 Å². The molecule has 0 bridgehead atoms. The van der Waals surface area contributed by atoms with Crippen LogP contribution >= 0.6 is 0 Å². The predicted octanol–water partition coefficient (Wildman–Crippen LogP) is 0.934. The van der Waals surface area contributed by atoms with Gasteiger partial charge in [-0.05, 0) is 6.92 Å². The van der Waals surface area contributed by atoms with Gasteiger partial charge in [0.25, 0.3) is 0 Å². The molecule has 0 aromatic rings. The highest BCUT2D eigenvalue weighted by molar-refractivity contribution is 4.98. The summed E-state index contributed by atoms with van der Waals surface area (Å²) in [7, 11) is 3.20. The Bertz CT molecular complexity index is 117. The fourth-order valence-electron chi connectivity index (χ4n) is 0.765. The third kappa shape index (κ3) is 4.95. The Morgan fingerprint density at radius 1 is 1.45 bits per heavy atom. The van der Waals surface area contributed by atoms with Crippen LogP contribution in [0.1, 0.15) is 13.3 Å². The largest absolute Gasteiger partial charge is 0.392 e. The quantitative estimate of drug-likeness (QED) is 0.480. The molecule has 0 aliphatic heterocycles. The molecule has 0 rings (SSSR count). The normalized spacial score (nSPS) is 12.6. The van der Waals surface area contributed by atoms with Crippen molar-refractivity contribution in [2.75, 3.05) is 20.8 Å². The van der Waals surface area contributed by atoms with E-state index in [0.717, 1.165) is 5.57 Å². The van der Waals surface area contributed by atoms with Gasteiger partial charge in [0.2, 0.25) is 0 Å². The lowest BCUT2D eigenvalue weighted by atomic mass is 10.2. The zero-order chi connectivity index (χ0) is 8.69. The SMILES string of the molecule is COC(CC(C)=CCO)OC. The topological polar surface area (TPSA) is 38.7 Å². The van der Waals surface area contributed by atoms with Gasteiger partial charge in [0.15, 0.2) is 6.29 Å². The number of hydrogen-bond acceptors (Lipinski definition) is 3. The number of aliphatic hydroxyl groups is 1. The number of methoxy groups -OCH3 is 2. The maximum Gasteiger partial charge on any atom is 0.160 e. The first kappa shape index (κ1) is 10.6. The molecule has 0 saturated heterocycles. The van der Waals surface area contributed by atoms with Gasteiger partial charge in [0.05, 0.1) is 6.61 Å². The third-order valence-corrected chi connectivity index (χ3v) is 1.45. The van der Waals surface area contributed by atoms with Crippen molar-refractivity contribution in [3.8, 4) is 0 Å². The molecule has 0 atom stereocenters. The van der Waals surface area contributed by atoms with E-state index in [1.807, 2.05) is 6.92 Å². The molecule has 66 valence electrons. The summed E-state index contributed by atoms with van der Waals surface area (Å²) in [6.07, 6.45) is 2.25. The zero-order valence-corrected chi connectivity index (χ0v) is 7.33. The van der Waals surface area contributed by atoms with Crippen LogP contribution in [0.25, 0.3) is 0 Å². The van der Waals surface area contributed by atoms with Gasteiger partial charge >= 0.3 is 0 Å². The van der Waals surface area contributed by atoms with Crippen LogP contribution in [0, 0.1) is 0 Å². The number of aliphatic hydroxyl groups excluding tert-OH is 1. The summed E-state index contributed by atoms with van der Waals surface area (Å²) in [5, 5.41) is 8.54. The van der Waals surface area contributed by atoms with Gasteiger partial charge in [0.1, 0.15) is 0 Å². The van der Waals surface area contributed by atoms with E-state index in [-0.39, 0.29) is 12.9 Å². The zero-order valence-electron chi connectivity index (χ0n) is 7.33. The van der Waals surface area contributed by atoms with Crippen LogP contribution in [0.5, 0.6) is 0 Å². The summed E-state index contributed by atoms with van der Waals surface area (Å²) in [5.74, 6) is 0. The second-order valence-electron chi connectivity index (χ2n) is 2.34. The molecular weight excluding hydrogens is 144 g/mol. The van der Waals surface area contributed by atoms with Crippen LogP contribution in [0.3, 0.4) is 0 Å². The van der Waals surface area contributed by atoms with Gasteiger partial charge in [-0.2, -0.15) is 0 Å². The van der Waals surface area contributed by atoms with Crippen LogP contribution < -0.4 is 0 Å². The van der Waals surface area contributed by atoms with Crippen LogP contribution in [-0.2, 0) is 9.47 Å². The molecule has 0 aliphatic carbocycles. The summed E-state index contributed by atoms with van der Waals surface area (Å²) in [4.78, 5) is 0. The summed E-state index contributed by atoms with van der Waals surface area (Å²) in [5.41, 5.74) is 1.07. The van der Waals surface area contributed by atoms with Crippen molar-refractivity contribution in [3.63, 3.8) is 0 Å². The van der Waals surface area contributed by atoms with Crippen molar-refractivity contribution < 1.29 is 14.6 Å². The fourth-order valence-corrected chi connectivity index (χ4v) is 0.765. The molecule has 3 nitrogen and oxygen atoms in total. The highest BCUT2D eigenvalue weighted by atomic mass is 16.7. The number of rotatable bonds is 5. The highest BCUT2D eigenvalue weighted by Gasteiger charge is 2.04. The van der Waals surface area contributed by atoms with Crippen molar-refractivity contribution in [1.82, 2.24) is 0 Å². The van der Waals surface area contributed by atoms with Crippen LogP contribution in [0.15, 0.2) is 11.6 Å². The summed E-state index contributed by atoms with van der Waals surface area (Å²) < 4.78 is 9.94. The van der Waals surface area contributed by atoms with Crippen LogP contribution in [0.2, 0.25) is 0 Å². The molecule has 0 fully saturated rings. The molecule has 0 aliphatic rings. The first-order valence-electron chi connectivity index (χ1n) is 3.56. The Labute approximate surface area is 67.6 Å². The number of ether oxygens (including phenoxy) is 2. The Hall–Kier alpha value is -0.380. The fraction of sp³-hybridized carbons (Fsp3) is 0.750. The molecule has 0 aromatic carbocycles. The highest BCUT2D eigenvalue weighted by Crippen LogP contribution is 2.06. The van der Waals surface area contributed by atoms with Gasteiger partial charge in [-0.3, -0.25) is 0 Å². The smallest absolute Gasteiger partial charge is 0.160 e. The summed E-state index contributed by atoms with van der Waals surface area (Å²) in [6.45, 7) is 2.01. The average Bonchev–Trinajstić information content (AvgIpc) is 2.01. The maximum absolute atomic E-state index is 8.54. The van der Waals surface area contributed by atoms with Crippen molar-refractivity contribution in [1.29, 1.82) is 0 Å². The first-order valence-corrected chi connectivity index (χ1v) is 3.56. The van der Waals surface area contributed by atoms with E-state index in [9.17, 15) is 0 Å². The number of hydrogen-bond donors (Lipinski definition) is 1. The first-order chi connectivity index (χ1) is 5.24. The third-order valence-electron chi connectivity index (χ3n) is 1.45. The molecule has 1 N–H and O–H groups in total. The van der Waals surface area contributed by atoms with E-state index in [2.05, 4.69) is 0 Å². The second kappa shape index (κ2) is 6.34. The monoisotopic (exact) mass is 160 g/mol. The molecule has 3 heteroatoms. The predicted molar refractivity (Wildman–Crippen MR) is 43.3 cm³/mol. The van der Waals surface area contributed by atoms with Crippen LogP contribution in [0.4, 0.5) is 0 Å². The maximum atomic E-state index is 8.54. The molecular formula is C8H16O3. The van der Waals surface area contributed by atoms with Gasteiger partial charge < -0.3 is 14.6 Å². The van der Waals surface area contributed by atoms with Gasteiger partial charge in [-0.15, -0.1) is 0 Å². The molecule has 0 spiro atoms. The van der Waals surface area contributed by atoms with Crippen LogP contribution in [-0.4, -0.2) is 32.2 Å². The molecule has 0 unspecified atom stereocenters. The molecule has 0 saturated carbocycles. The van der Waals surface area contributed by atoms with E-state index in [0.29, 0.717) is 6.42 Å². The lowest BCUT2D eigenvalue weighted by molar-refractivity contribution is -0.100. The minimum Gasteiger partial charge on any atom is -0.392 e. The standard InChI is InChI=1S/C8H16O3/c1-7(4-5-9)6-8(10-2)11-3/h4,8-9H,5-6H2,1-3H3. The average molecular weight is 160 g/mol. The Morgan fingerprint density at radius 3 is 2.36 bits per heavy atom. The Balaban J connectivity index is 3.71. The van der Waals surface area contributed by atoms with E-state index in [1.54, 1.807) is 20.3 Å². The lowest BCUT2D eigenvalue weighted by Crippen LogP contribution is -2.13. The van der Waals surface area contributed by atoms with E-state index in [1.165, 1.54) is 0 Å². The van der Waals surface area contributed by atoms with Crippen molar-refractivity contribution in [2.45, 2.75) is 19.6 Å². The second-order valence-corrected chi connectivity index (χ2v) is 2.34. The minimum atomic E-state index is -0.196. The van der Waals surface area contributed by atoms with Crippen molar-refractivity contribution in [3.05, 3.63) is 11.6 Å². The van der Waals surface area contributed by atoms with E-state index >= 15 is 0 Å². The molecule has 0 radical (unpaired) electrons. The molecule has 11 heavy (non-hydrogen) atoms. The van der Waals surface area contributed by atoms with Gasteiger partial charge in [0, 0.05) is 20.6 Å². The molecule has 0 heterocycles. The van der Waals surface area contributed by atoms with Crippen molar-refractivity contribution in [2.24, 2.45) is 0 Å². The lowest BCUT2D eigenvalue weighted by Gasteiger charge is -2.12. The molecule has 0 amide bonds. The van der Waals surface area contributed by atoms with Crippen molar-refractivity contribution >= 4 is 0 Å². The summed E-state index contributed by atoms with van der Waals surface area (Å²) in [6, 6.07) is 0. The summed E-state index contributed by atoms with van der Waals surface area (Å²) >= 11 is 0. The van der Waals surface area contributed by atoms with Gasteiger partial charge in [-0.25, -0.2) is 0 Å². The van der Waals surface area contributed by atoms with E-state index in [4.69, 9.17) is 14.6 Å². The molecule has 0 aromatic heterocycles. The van der Waals surface area contributed by atoms with Gasteiger partial charge in [-0.1, -0.05) is 11.6 Å². The minimum absolute atomic E-state index is 0.0754. The Kier molecular flexibility index (Phi) is 6.12. The Morgan fingerprint density at radius 2 is 2.00 bits per heavy atom.